The number of non-ortho nitro benzene ring substituents is 1. The van der Waals surface area contributed by atoms with Crippen LogP contribution in [-0.2, 0) is 11.2 Å². The van der Waals surface area contributed by atoms with Gasteiger partial charge < -0.3 is 9.80 Å². The highest BCUT2D eigenvalue weighted by molar-refractivity contribution is 5.76. The van der Waals surface area contributed by atoms with Crippen molar-refractivity contribution in [3.8, 4) is 0 Å². The van der Waals surface area contributed by atoms with Gasteiger partial charge in [-0.05, 0) is 30.2 Å². The number of aromatic nitrogens is 1. The predicted octanol–water partition coefficient (Wildman–Crippen LogP) is 2.27. The van der Waals surface area contributed by atoms with Gasteiger partial charge in [-0.25, -0.2) is 0 Å². The molecular formula is C18H20N4O3. The monoisotopic (exact) mass is 340 g/mol. The molecule has 1 saturated heterocycles. The number of piperazine rings is 1. The Kier molecular flexibility index (Phi) is 5.23. The number of hydrogen-bond acceptors (Lipinski definition) is 5. The fourth-order valence-electron chi connectivity index (χ4n) is 2.95. The van der Waals surface area contributed by atoms with Crippen molar-refractivity contribution in [1.82, 2.24) is 9.88 Å². The standard InChI is InChI=1S/C18H20N4O3/c23-18(8-3-15-2-1-9-19-14-15)21-12-10-20(11-13-21)16-4-6-17(7-5-16)22(24)25/h1-2,4-7,9,14H,3,8,10-13H2. The minimum absolute atomic E-state index is 0.0907. The minimum Gasteiger partial charge on any atom is -0.368 e. The maximum absolute atomic E-state index is 12.3. The molecule has 1 fully saturated rings. The summed E-state index contributed by atoms with van der Waals surface area (Å²) in [5, 5.41) is 10.7. The third-order valence-electron chi connectivity index (χ3n) is 4.41. The van der Waals surface area contributed by atoms with Gasteiger partial charge in [-0.1, -0.05) is 6.07 Å². The first kappa shape index (κ1) is 16.9. The zero-order valence-electron chi connectivity index (χ0n) is 13.9. The Morgan fingerprint density at radius 1 is 1.12 bits per heavy atom. The Hall–Kier alpha value is -2.96. The fourth-order valence-corrected chi connectivity index (χ4v) is 2.95. The summed E-state index contributed by atoms with van der Waals surface area (Å²) >= 11 is 0. The van der Waals surface area contributed by atoms with Crippen LogP contribution in [0.1, 0.15) is 12.0 Å². The fraction of sp³-hybridized carbons (Fsp3) is 0.333. The zero-order chi connectivity index (χ0) is 17.6. The van der Waals surface area contributed by atoms with Gasteiger partial charge in [0, 0.05) is 62.8 Å². The molecule has 1 aromatic carbocycles. The number of nitro benzene ring substituents is 1. The molecule has 0 N–H and O–H groups in total. The highest BCUT2D eigenvalue weighted by Gasteiger charge is 2.21. The van der Waals surface area contributed by atoms with E-state index in [2.05, 4.69) is 9.88 Å². The number of nitro groups is 1. The number of hydrogen-bond donors (Lipinski definition) is 0. The van der Waals surface area contributed by atoms with Gasteiger partial charge in [0.15, 0.2) is 0 Å². The first-order chi connectivity index (χ1) is 12.1. The van der Waals surface area contributed by atoms with Crippen molar-refractivity contribution >= 4 is 17.3 Å². The SMILES string of the molecule is O=C(CCc1cccnc1)N1CCN(c2ccc([N+](=O)[O-])cc2)CC1. The molecule has 25 heavy (non-hydrogen) atoms. The average Bonchev–Trinajstić information content (AvgIpc) is 2.67. The van der Waals surface area contributed by atoms with Crippen LogP contribution in [-0.4, -0.2) is 46.9 Å². The molecular weight excluding hydrogens is 320 g/mol. The van der Waals surface area contributed by atoms with Crippen LogP contribution in [0, 0.1) is 10.1 Å². The number of nitrogens with zero attached hydrogens (tertiary/aromatic N) is 4. The largest absolute Gasteiger partial charge is 0.368 e. The molecule has 2 heterocycles. The Balaban J connectivity index is 1.49. The first-order valence-corrected chi connectivity index (χ1v) is 8.29. The maximum atomic E-state index is 12.3. The lowest BCUT2D eigenvalue weighted by Gasteiger charge is -2.36. The number of anilines is 1. The summed E-state index contributed by atoms with van der Waals surface area (Å²) in [5.74, 6) is 0.159. The molecule has 1 aliphatic rings. The lowest BCUT2D eigenvalue weighted by Crippen LogP contribution is -2.48. The topological polar surface area (TPSA) is 79.6 Å². The molecule has 0 saturated carbocycles. The Morgan fingerprint density at radius 2 is 1.84 bits per heavy atom. The first-order valence-electron chi connectivity index (χ1n) is 8.29. The van der Waals surface area contributed by atoms with Crippen molar-refractivity contribution in [3.63, 3.8) is 0 Å². The molecule has 0 spiro atoms. The van der Waals surface area contributed by atoms with Gasteiger partial charge in [0.25, 0.3) is 5.69 Å². The van der Waals surface area contributed by atoms with Crippen molar-refractivity contribution in [2.45, 2.75) is 12.8 Å². The van der Waals surface area contributed by atoms with Crippen LogP contribution in [0.3, 0.4) is 0 Å². The molecule has 0 atom stereocenters. The van der Waals surface area contributed by atoms with Crippen LogP contribution in [0.15, 0.2) is 48.8 Å². The van der Waals surface area contributed by atoms with Crippen molar-refractivity contribution in [2.75, 3.05) is 31.1 Å². The van der Waals surface area contributed by atoms with Crippen LogP contribution >= 0.6 is 0 Å². The highest BCUT2D eigenvalue weighted by atomic mass is 16.6. The molecule has 3 rings (SSSR count). The molecule has 130 valence electrons. The van der Waals surface area contributed by atoms with E-state index < -0.39 is 4.92 Å². The molecule has 2 aromatic rings. The second kappa shape index (κ2) is 7.74. The highest BCUT2D eigenvalue weighted by Crippen LogP contribution is 2.20. The average molecular weight is 340 g/mol. The Labute approximate surface area is 146 Å². The number of benzene rings is 1. The van der Waals surface area contributed by atoms with Gasteiger partial charge in [-0.15, -0.1) is 0 Å². The summed E-state index contributed by atoms with van der Waals surface area (Å²) in [6.45, 7) is 2.80. The molecule has 1 amide bonds. The molecule has 0 radical (unpaired) electrons. The van der Waals surface area contributed by atoms with Crippen molar-refractivity contribution < 1.29 is 9.72 Å². The second-order valence-electron chi connectivity index (χ2n) is 6.00. The summed E-state index contributed by atoms with van der Waals surface area (Å²) in [6.07, 6.45) is 4.71. The summed E-state index contributed by atoms with van der Waals surface area (Å²) in [6, 6.07) is 10.4. The van der Waals surface area contributed by atoms with E-state index in [1.165, 1.54) is 12.1 Å². The Morgan fingerprint density at radius 3 is 2.44 bits per heavy atom. The van der Waals surface area contributed by atoms with Gasteiger partial charge in [0.05, 0.1) is 4.92 Å². The van der Waals surface area contributed by atoms with E-state index in [0.29, 0.717) is 25.9 Å². The third-order valence-corrected chi connectivity index (χ3v) is 4.41. The molecule has 0 aliphatic carbocycles. The van der Waals surface area contributed by atoms with Crippen LogP contribution < -0.4 is 4.90 Å². The summed E-state index contributed by atoms with van der Waals surface area (Å²) in [7, 11) is 0. The van der Waals surface area contributed by atoms with Gasteiger partial charge in [0.2, 0.25) is 5.91 Å². The number of aryl methyl sites for hydroxylation is 1. The molecule has 1 aliphatic heterocycles. The number of carbonyl (C=O) groups is 1. The van der Waals surface area contributed by atoms with E-state index in [9.17, 15) is 14.9 Å². The minimum atomic E-state index is -0.400. The lowest BCUT2D eigenvalue weighted by molar-refractivity contribution is -0.384. The van der Waals surface area contributed by atoms with Crippen molar-refractivity contribution in [3.05, 3.63) is 64.5 Å². The van der Waals surface area contributed by atoms with Gasteiger partial charge >= 0.3 is 0 Å². The van der Waals surface area contributed by atoms with E-state index in [-0.39, 0.29) is 11.6 Å². The number of carbonyl (C=O) groups excluding carboxylic acids is 1. The number of rotatable bonds is 5. The zero-order valence-corrected chi connectivity index (χ0v) is 13.9. The molecule has 1 aromatic heterocycles. The third kappa shape index (κ3) is 4.32. The second-order valence-corrected chi connectivity index (χ2v) is 6.00. The van der Waals surface area contributed by atoms with Crippen molar-refractivity contribution in [1.29, 1.82) is 0 Å². The maximum Gasteiger partial charge on any atom is 0.269 e. The van der Waals surface area contributed by atoms with Crippen molar-refractivity contribution in [2.24, 2.45) is 0 Å². The predicted molar refractivity (Wildman–Crippen MR) is 94.4 cm³/mol. The van der Waals surface area contributed by atoms with Gasteiger partial charge in [0.1, 0.15) is 0 Å². The molecule has 7 heteroatoms. The smallest absolute Gasteiger partial charge is 0.269 e. The Bertz CT molecular complexity index is 726. The molecule has 0 unspecified atom stereocenters. The van der Waals surface area contributed by atoms with Gasteiger partial charge in [-0.3, -0.25) is 19.9 Å². The van der Waals surface area contributed by atoms with E-state index in [4.69, 9.17) is 0 Å². The number of amides is 1. The van der Waals surface area contributed by atoms with E-state index in [0.717, 1.165) is 24.3 Å². The number of pyridine rings is 1. The lowest BCUT2D eigenvalue weighted by atomic mass is 10.1. The normalized spacial score (nSPS) is 14.4. The van der Waals surface area contributed by atoms with Crippen LogP contribution in [0.4, 0.5) is 11.4 Å². The summed E-state index contributed by atoms with van der Waals surface area (Å²) < 4.78 is 0. The van der Waals surface area contributed by atoms with Crippen LogP contribution in [0.5, 0.6) is 0 Å². The summed E-state index contributed by atoms with van der Waals surface area (Å²) in [5.41, 5.74) is 2.11. The van der Waals surface area contributed by atoms with Crippen LogP contribution in [0.2, 0.25) is 0 Å². The van der Waals surface area contributed by atoms with E-state index in [1.54, 1.807) is 24.5 Å². The molecule has 0 bridgehead atoms. The summed E-state index contributed by atoms with van der Waals surface area (Å²) in [4.78, 5) is 30.8. The van der Waals surface area contributed by atoms with E-state index >= 15 is 0 Å². The molecule has 7 nitrogen and oxygen atoms in total. The quantitative estimate of drug-likeness (QED) is 0.616. The van der Waals surface area contributed by atoms with Gasteiger partial charge in [-0.2, -0.15) is 0 Å². The van der Waals surface area contributed by atoms with Crippen LogP contribution in [0.25, 0.3) is 0 Å². The van der Waals surface area contributed by atoms with E-state index in [1.807, 2.05) is 17.0 Å².